The monoisotopic (exact) mass is 459 g/mol. The number of fused-ring (bicyclic) bond motifs is 1. The fraction of sp³-hybridized carbons (Fsp3) is 0.476. The van der Waals surface area contributed by atoms with Gasteiger partial charge in [0.1, 0.15) is 0 Å². The number of carbonyl (C=O) groups is 1. The Balaban J connectivity index is 1.55. The van der Waals surface area contributed by atoms with Crippen LogP contribution in [0.2, 0.25) is 0 Å². The lowest BCUT2D eigenvalue weighted by Gasteiger charge is -2.23. The van der Waals surface area contributed by atoms with Crippen molar-refractivity contribution in [3.8, 4) is 0 Å². The van der Waals surface area contributed by atoms with E-state index in [1.165, 1.54) is 11.0 Å². The van der Waals surface area contributed by atoms with Crippen LogP contribution >= 0.6 is 0 Å². The number of aromatic carboxylic acids is 1. The topological polar surface area (TPSA) is 66.3 Å². The second-order valence-corrected chi connectivity index (χ2v) is 8.26. The van der Waals surface area contributed by atoms with Crippen LogP contribution in [0.1, 0.15) is 35.4 Å². The predicted molar refractivity (Wildman–Crippen MR) is 102 cm³/mol. The molecule has 0 unspecified atom stereocenters. The summed E-state index contributed by atoms with van der Waals surface area (Å²) in [5, 5.41) is 9.11. The molecule has 2 heterocycles. The molecule has 2 fully saturated rings. The normalized spacial score (nSPS) is 25.9. The quantitative estimate of drug-likeness (QED) is 0.643. The summed E-state index contributed by atoms with van der Waals surface area (Å²) in [4.78, 5) is 20.0. The van der Waals surface area contributed by atoms with Gasteiger partial charge in [-0.05, 0) is 37.0 Å². The minimum Gasteiger partial charge on any atom is -0.477 e. The number of alkyl halides is 6. The summed E-state index contributed by atoms with van der Waals surface area (Å²) in [6, 6.07) is 0.386. The Morgan fingerprint density at radius 1 is 1.00 bits per heavy atom. The largest absolute Gasteiger partial charge is 0.477 e. The highest BCUT2D eigenvalue weighted by molar-refractivity contribution is 5.85. The van der Waals surface area contributed by atoms with E-state index < -0.39 is 35.3 Å². The van der Waals surface area contributed by atoms with Crippen LogP contribution in [0, 0.1) is 17.8 Å². The Hall–Kier alpha value is -2.85. The summed E-state index contributed by atoms with van der Waals surface area (Å²) in [5.41, 5.74) is -2.38. The number of aromatic nitrogens is 2. The van der Waals surface area contributed by atoms with Gasteiger partial charge in [0.05, 0.1) is 5.57 Å². The van der Waals surface area contributed by atoms with Crippen LogP contribution in [-0.4, -0.2) is 40.3 Å². The molecule has 1 aromatic rings. The fourth-order valence-corrected chi connectivity index (χ4v) is 4.88. The molecule has 1 saturated heterocycles. The molecule has 1 N–H and O–H groups in total. The SMILES string of the molecule is O=C(O)c1cc(C(F)(F)F)nc(N2C[C@H]3C[C@@H](C4=C(C(F)(F)F)C=CC=CC4)C[C@H]3C2)n1. The van der Waals surface area contributed by atoms with Gasteiger partial charge in [-0.1, -0.05) is 29.9 Å². The minimum atomic E-state index is -4.83. The average Bonchev–Trinajstić information content (AvgIpc) is 3.15. The van der Waals surface area contributed by atoms with E-state index >= 15 is 0 Å². The van der Waals surface area contributed by atoms with Crippen molar-refractivity contribution in [2.75, 3.05) is 18.0 Å². The third-order valence-corrected chi connectivity index (χ3v) is 6.25. The lowest BCUT2D eigenvalue weighted by atomic mass is 9.89. The number of hydrogen-bond acceptors (Lipinski definition) is 4. The lowest BCUT2D eigenvalue weighted by Crippen LogP contribution is -2.26. The van der Waals surface area contributed by atoms with Crippen molar-refractivity contribution in [2.24, 2.45) is 17.8 Å². The number of nitrogens with zero attached hydrogens (tertiary/aromatic N) is 3. The molecule has 1 saturated carbocycles. The molecule has 0 aromatic carbocycles. The highest BCUT2D eigenvalue weighted by Crippen LogP contribution is 2.48. The fourth-order valence-electron chi connectivity index (χ4n) is 4.88. The predicted octanol–water partition coefficient (Wildman–Crippen LogP) is 5.03. The van der Waals surface area contributed by atoms with Crippen LogP contribution in [0.5, 0.6) is 0 Å². The average molecular weight is 459 g/mol. The maximum absolute atomic E-state index is 13.5. The molecular formula is C21H19F6N3O2. The van der Waals surface area contributed by atoms with Gasteiger partial charge in [0.25, 0.3) is 0 Å². The van der Waals surface area contributed by atoms with Crippen LogP contribution in [0.25, 0.3) is 0 Å². The Bertz CT molecular complexity index is 998. The molecule has 2 aliphatic carbocycles. The molecule has 3 atom stereocenters. The van der Waals surface area contributed by atoms with Crippen molar-refractivity contribution in [2.45, 2.75) is 31.6 Å². The second-order valence-electron chi connectivity index (χ2n) is 8.26. The third-order valence-electron chi connectivity index (χ3n) is 6.25. The van der Waals surface area contributed by atoms with Crippen LogP contribution in [0.4, 0.5) is 32.3 Å². The molecule has 32 heavy (non-hydrogen) atoms. The number of carboxylic acids is 1. The van der Waals surface area contributed by atoms with Crippen LogP contribution < -0.4 is 4.90 Å². The van der Waals surface area contributed by atoms with Crippen molar-refractivity contribution in [3.05, 3.63) is 52.9 Å². The summed E-state index contributed by atoms with van der Waals surface area (Å²) < 4.78 is 80.0. The van der Waals surface area contributed by atoms with Crippen molar-refractivity contribution >= 4 is 11.9 Å². The molecule has 4 rings (SSSR count). The van der Waals surface area contributed by atoms with E-state index in [4.69, 9.17) is 5.11 Å². The van der Waals surface area contributed by atoms with Crippen molar-refractivity contribution in [1.29, 1.82) is 0 Å². The molecule has 1 aromatic heterocycles. The highest BCUT2D eigenvalue weighted by Gasteiger charge is 2.45. The van der Waals surface area contributed by atoms with Gasteiger partial charge in [0.15, 0.2) is 11.4 Å². The van der Waals surface area contributed by atoms with Gasteiger partial charge < -0.3 is 10.0 Å². The summed E-state index contributed by atoms with van der Waals surface area (Å²) in [5.74, 6) is -2.26. The molecule has 5 nitrogen and oxygen atoms in total. The number of hydrogen-bond donors (Lipinski definition) is 1. The Kier molecular flexibility index (Phi) is 5.54. The molecule has 0 bridgehead atoms. The van der Waals surface area contributed by atoms with Gasteiger partial charge in [-0.25, -0.2) is 14.8 Å². The highest BCUT2D eigenvalue weighted by atomic mass is 19.4. The zero-order valence-corrected chi connectivity index (χ0v) is 16.6. The van der Waals surface area contributed by atoms with Crippen molar-refractivity contribution in [1.82, 2.24) is 9.97 Å². The number of rotatable bonds is 3. The van der Waals surface area contributed by atoms with Gasteiger partial charge in [0.2, 0.25) is 5.95 Å². The van der Waals surface area contributed by atoms with Crippen molar-refractivity contribution < 1.29 is 36.2 Å². The van der Waals surface area contributed by atoms with Gasteiger partial charge >= 0.3 is 18.3 Å². The van der Waals surface area contributed by atoms with Gasteiger partial charge in [-0.2, -0.15) is 26.3 Å². The summed E-state index contributed by atoms with van der Waals surface area (Å²) in [6.45, 7) is 0.531. The van der Waals surface area contributed by atoms with E-state index in [2.05, 4.69) is 9.97 Å². The zero-order chi connectivity index (χ0) is 23.3. The maximum Gasteiger partial charge on any atom is 0.433 e. The van der Waals surface area contributed by atoms with Crippen LogP contribution in [-0.2, 0) is 6.18 Å². The standard InChI is InChI=1S/C21H19F6N3O2/c22-20(23,24)15-5-3-1-2-4-14(15)11-6-12-9-30(10-13(12)7-11)19-28-16(18(31)32)8-17(29-19)21(25,26)27/h1-3,5,8,11-13H,4,6-7,9-10H2,(H,31,32)/t11-,12-,13+. The van der Waals surface area contributed by atoms with Crippen LogP contribution in [0.15, 0.2) is 41.5 Å². The second kappa shape index (κ2) is 7.93. The zero-order valence-electron chi connectivity index (χ0n) is 16.6. The maximum atomic E-state index is 13.5. The molecule has 0 spiro atoms. The Morgan fingerprint density at radius 2 is 1.66 bits per heavy atom. The van der Waals surface area contributed by atoms with E-state index in [9.17, 15) is 31.1 Å². The Labute approximate surface area is 179 Å². The molecule has 0 amide bonds. The first kappa shape index (κ1) is 22.3. The number of allylic oxidation sites excluding steroid dienone is 6. The van der Waals surface area contributed by atoms with E-state index in [1.807, 2.05) is 0 Å². The number of carboxylic acid groups (broad SMARTS) is 1. The number of halogens is 6. The summed E-state index contributed by atoms with van der Waals surface area (Å²) in [7, 11) is 0. The molecule has 3 aliphatic rings. The van der Waals surface area contributed by atoms with Crippen molar-refractivity contribution in [3.63, 3.8) is 0 Å². The van der Waals surface area contributed by atoms with E-state index in [0.29, 0.717) is 24.5 Å². The van der Waals surface area contributed by atoms with Gasteiger partial charge in [-0.3, -0.25) is 0 Å². The van der Waals surface area contributed by atoms with E-state index in [-0.39, 0.29) is 43.2 Å². The van der Waals surface area contributed by atoms with Gasteiger partial charge in [0, 0.05) is 19.2 Å². The first-order valence-corrected chi connectivity index (χ1v) is 10.0. The lowest BCUT2D eigenvalue weighted by molar-refractivity contribution is -0.141. The Morgan fingerprint density at radius 3 is 2.22 bits per heavy atom. The first-order chi connectivity index (χ1) is 14.9. The summed E-state index contributed by atoms with van der Waals surface area (Å²) in [6.07, 6.45) is -2.40. The molecule has 172 valence electrons. The smallest absolute Gasteiger partial charge is 0.433 e. The number of anilines is 1. The third kappa shape index (κ3) is 4.37. The van der Waals surface area contributed by atoms with E-state index in [1.54, 1.807) is 12.2 Å². The van der Waals surface area contributed by atoms with Crippen LogP contribution in [0.3, 0.4) is 0 Å². The van der Waals surface area contributed by atoms with Gasteiger partial charge in [-0.15, -0.1) is 0 Å². The molecule has 1 aliphatic heterocycles. The molecular weight excluding hydrogens is 440 g/mol. The summed E-state index contributed by atoms with van der Waals surface area (Å²) >= 11 is 0. The molecule has 0 radical (unpaired) electrons. The van der Waals surface area contributed by atoms with E-state index in [0.717, 1.165) is 6.08 Å². The molecule has 11 heteroatoms. The minimum absolute atomic E-state index is 0.0374. The first-order valence-electron chi connectivity index (χ1n) is 10.0.